The van der Waals surface area contributed by atoms with Gasteiger partial charge in [-0.15, -0.1) is 0 Å². The van der Waals surface area contributed by atoms with Gasteiger partial charge in [-0.3, -0.25) is 9.59 Å². The Morgan fingerprint density at radius 2 is 1.87 bits per heavy atom. The number of nitrogens with one attached hydrogen (secondary N) is 1. The molecular weight excluding hydrogens is 492 g/mol. The van der Waals surface area contributed by atoms with Gasteiger partial charge in [-0.1, -0.05) is 17.2 Å². The predicted octanol–water partition coefficient (Wildman–Crippen LogP) is 4.34. The molecule has 11 heteroatoms. The van der Waals surface area contributed by atoms with Crippen molar-refractivity contribution in [3.63, 3.8) is 0 Å². The molecule has 38 heavy (non-hydrogen) atoms. The Hall–Kier alpha value is -4.86. The number of hydrogen-bond acceptors (Lipinski definition) is 7. The zero-order valence-corrected chi connectivity index (χ0v) is 20.2. The van der Waals surface area contributed by atoms with Crippen LogP contribution < -0.4 is 10.7 Å². The molecule has 194 valence electrons. The Bertz CT molecular complexity index is 1560. The average Bonchev–Trinajstić information content (AvgIpc) is 2.90. The van der Waals surface area contributed by atoms with E-state index in [0.717, 1.165) is 0 Å². The number of hydrogen-bond donors (Lipinski definition) is 3. The lowest BCUT2D eigenvalue weighted by atomic mass is 9.92. The van der Waals surface area contributed by atoms with E-state index in [2.05, 4.69) is 15.3 Å². The van der Waals surface area contributed by atoms with E-state index in [4.69, 9.17) is 14.7 Å². The van der Waals surface area contributed by atoms with Crippen molar-refractivity contribution in [2.45, 2.75) is 12.8 Å². The van der Waals surface area contributed by atoms with Crippen LogP contribution in [0.3, 0.4) is 0 Å². The van der Waals surface area contributed by atoms with Crippen LogP contribution in [0, 0.1) is 0 Å². The highest BCUT2D eigenvalue weighted by Crippen LogP contribution is 2.41. The molecule has 1 aliphatic heterocycles. The van der Waals surface area contributed by atoms with Gasteiger partial charge in [0.2, 0.25) is 5.91 Å². The quantitative estimate of drug-likeness (QED) is 0.0873. The summed E-state index contributed by atoms with van der Waals surface area (Å²) in [5, 5.41) is 26.7. The van der Waals surface area contributed by atoms with Gasteiger partial charge in [-0.05, 0) is 53.4 Å². The first-order valence-electron chi connectivity index (χ1n) is 11.8. The Morgan fingerprint density at radius 3 is 2.61 bits per heavy atom. The molecule has 4 rings (SSSR count). The summed E-state index contributed by atoms with van der Waals surface area (Å²) in [7, 11) is 0. The minimum Gasteiger partial charge on any atom is -0.508 e. The molecular formula is C27H24N4O7. The van der Waals surface area contributed by atoms with Crippen molar-refractivity contribution in [2.24, 2.45) is 5.11 Å². The van der Waals surface area contributed by atoms with Crippen LogP contribution in [0.25, 0.3) is 43.9 Å². The molecule has 1 amide bonds. The van der Waals surface area contributed by atoms with Gasteiger partial charge in [0.05, 0.1) is 18.8 Å². The van der Waals surface area contributed by atoms with Crippen LogP contribution in [0.4, 0.5) is 0 Å². The summed E-state index contributed by atoms with van der Waals surface area (Å²) in [5.41, 5.74) is 11.0. The largest absolute Gasteiger partial charge is 0.508 e. The lowest BCUT2D eigenvalue weighted by Crippen LogP contribution is -2.27. The van der Waals surface area contributed by atoms with Gasteiger partial charge in [0.25, 0.3) is 0 Å². The zero-order chi connectivity index (χ0) is 27.1. The fourth-order valence-corrected chi connectivity index (χ4v) is 4.09. The van der Waals surface area contributed by atoms with E-state index in [1.165, 1.54) is 30.3 Å². The van der Waals surface area contributed by atoms with Crippen molar-refractivity contribution in [3.8, 4) is 28.2 Å². The van der Waals surface area contributed by atoms with Crippen molar-refractivity contribution in [2.75, 3.05) is 26.3 Å². The number of carboxylic acids is 1. The third-order valence-corrected chi connectivity index (χ3v) is 5.90. The molecule has 0 atom stereocenters. The maximum atomic E-state index is 12.3. The van der Waals surface area contributed by atoms with Crippen molar-refractivity contribution >= 4 is 22.8 Å². The maximum Gasteiger partial charge on any atom is 0.335 e. The molecule has 2 aromatic carbocycles. The fourth-order valence-electron chi connectivity index (χ4n) is 4.09. The summed E-state index contributed by atoms with van der Waals surface area (Å²) in [6, 6.07) is 14.0. The number of benzene rings is 3. The van der Waals surface area contributed by atoms with E-state index >= 15 is 0 Å². The molecule has 0 fully saturated rings. The first kappa shape index (κ1) is 26.2. The number of aryl methyl sites for hydroxylation is 1. The lowest BCUT2D eigenvalue weighted by Gasteiger charge is -2.17. The number of carbonyl (C=O) groups is 2. The van der Waals surface area contributed by atoms with Gasteiger partial charge >= 0.3 is 5.97 Å². The third kappa shape index (κ3) is 6.09. The van der Waals surface area contributed by atoms with Crippen LogP contribution in [-0.4, -0.2) is 48.4 Å². The molecule has 0 bridgehead atoms. The van der Waals surface area contributed by atoms with Crippen LogP contribution >= 0.6 is 0 Å². The number of phenols is 1. The van der Waals surface area contributed by atoms with Crippen molar-refractivity contribution < 1.29 is 29.0 Å². The van der Waals surface area contributed by atoms with Crippen LogP contribution in [0.5, 0.6) is 5.75 Å². The fraction of sp³-hybridized carbons (Fsp3) is 0.222. The molecule has 0 aromatic heterocycles. The van der Waals surface area contributed by atoms with Crippen LogP contribution in [-0.2, 0) is 16.0 Å². The number of nitrogens with zero attached hydrogens (tertiary/aromatic N) is 3. The third-order valence-electron chi connectivity index (χ3n) is 5.90. The monoisotopic (exact) mass is 516 g/mol. The lowest BCUT2D eigenvalue weighted by molar-refractivity contribution is -0.121. The smallest absolute Gasteiger partial charge is 0.335 e. The van der Waals surface area contributed by atoms with Gasteiger partial charge in [-0.2, -0.15) is 0 Å². The zero-order valence-electron chi connectivity index (χ0n) is 20.2. The van der Waals surface area contributed by atoms with Crippen molar-refractivity contribution in [3.05, 3.63) is 86.4 Å². The number of rotatable bonds is 11. The molecule has 2 aromatic rings. The molecule has 11 nitrogen and oxygen atoms in total. The highest BCUT2D eigenvalue weighted by atomic mass is 16.5. The van der Waals surface area contributed by atoms with E-state index in [0.29, 0.717) is 45.5 Å². The number of amides is 1. The summed E-state index contributed by atoms with van der Waals surface area (Å²) in [6.45, 7) is 1.05. The number of carboxylic acid groups (broad SMARTS) is 1. The minimum atomic E-state index is -1.05. The number of azide groups is 1. The first-order chi connectivity index (χ1) is 18.4. The van der Waals surface area contributed by atoms with E-state index < -0.39 is 5.97 Å². The van der Waals surface area contributed by atoms with Gasteiger partial charge in [0.1, 0.15) is 17.1 Å². The Labute approximate surface area is 216 Å². The summed E-state index contributed by atoms with van der Waals surface area (Å²) < 4.78 is 11.2. The number of ether oxygens (including phenoxy) is 1. The van der Waals surface area contributed by atoms with E-state index in [1.807, 2.05) is 0 Å². The number of fused-ring (bicyclic) bond motifs is 2. The van der Waals surface area contributed by atoms with Gasteiger partial charge < -0.3 is 24.7 Å². The molecule has 0 saturated heterocycles. The number of aromatic hydroxyl groups is 1. The Balaban J connectivity index is 1.60. The van der Waals surface area contributed by atoms with Gasteiger partial charge in [0, 0.05) is 53.1 Å². The summed E-state index contributed by atoms with van der Waals surface area (Å²) in [5.74, 6) is -0.995. The molecule has 0 saturated carbocycles. The minimum absolute atomic E-state index is 0.0553. The van der Waals surface area contributed by atoms with Gasteiger partial charge in [0.15, 0.2) is 5.43 Å². The summed E-state index contributed by atoms with van der Waals surface area (Å²) in [4.78, 5) is 38.2. The Morgan fingerprint density at radius 1 is 1.08 bits per heavy atom. The SMILES string of the molecule is [N-]=[N+]=NCCOCCNC(=O)CCc1cc2c(-c3ccc(C(=O)O)cc3)c3ccc(=O)cc-3oc2cc1O. The molecule has 2 aliphatic rings. The molecule has 0 unspecified atom stereocenters. The molecule has 0 radical (unpaired) electrons. The number of phenolic OH excluding ortho intramolecular Hbond substituents is 1. The number of carbonyl (C=O) groups excluding carboxylic acids is 1. The second-order valence-electron chi connectivity index (χ2n) is 8.41. The van der Waals surface area contributed by atoms with Crippen LogP contribution in [0.1, 0.15) is 22.3 Å². The molecule has 1 aliphatic carbocycles. The molecule has 3 N–H and O–H groups in total. The normalized spacial score (nSPS) is 10.8. The van der Waals surface area contributed by atoms with E-state index in [-0.39, 0.29) is 55.2 Å². The standard InChI is InChI=1S/C27H24N4O7/c28-31-30-10-12-37-11-9-29-25(34)8-5-18-13-21-24(15-22(18)33)38-23-14-19(32)6-7-20(23)26(21)16-1-3-17(4-2-16)27(35)36/h1-4,6-7,13-15,33H,5,8-12H2,(H,29,34)(H,35,36). The summed E-state index contributed by atoms with van der Waals surface area (Å²) >= 11 is 0. The summed E-state index contributed by atoms with van der Waals surface area (Å²) in [6.07, 6.45) is 0.366. The van der Waals surface area contributed by atoms with Gasteiger partial charge in [-0.25, -0.2) is 4.79 Å². The number of aromatic carboxylic acids is 1. The molecule has 1 heterocycles. The van der Waals surface area contributed by atoms with Crippen molar-refractivity contribution in [1.82, 2.24) is 5.32 Å². The van der Waals surface area contributed by atoms with Crippen molar-refractivity contribution in [1.29, 1.82) is 0 Å². The van der Waals surface area contributed by atoms with Crippen LogP contribution in [0.2, 0.25) is 0 Å². The van der Waals surface area contributed by atoms with Crippen LogP contribution in [0.15, 0.2) is 68.9 Å². The highest BCUT2D eigenvalue weighted by Gasteiger charge is 2.20. The predicted molar refractivity (Wildman–Crippen MR) is 139 cm³/mol. The van der Waals surface area contributed by atoms with E-state index in [9.17, 15) is 24.6 Å². The highest BCUT2D eigenvalue weighted by molar-refractivity contribution is 6.03. The second kappa shape index (κ2) is 11.9. The topological polar surface area (TPSA) is 175 Å². The molecule has 0 spiro atoms. The maximum absolute atomic E-state index is 12.3. The van der Waals surface area contributed by atoms with E-state index in [1.54, 1.807) is 24.3 Å². The Kier molecular flexibility index (Phi) is 8.22. The second-order valence-corrected chi connectivity index (χ2v) is 8.41. The average molecular weight is 517 g/mol. The first-order valence-corrected chi connectivity index (χ1v) is 11.8.